The minimum atomic E-state index is 0.115. The molecule has 1 aliphatic carbocycles. The number of hydrogen-bond acceptors (Lipinski definition) is 1. The molecule has 1 aromatic rings. The molecule has 0 N–H and O–H groups in total. The van der Waals surface area contributed by atoms with E-state index in [0.29, 0.717) is 6.04 Å². The Bertz CT molecular complexity index is 404. The largest absolute Gasteiger partial charge is 0.328 e. The number of aromatic nitrogens is 2. The van der Waals surface area contributed by atoms with Crippen LogP contribution < -0.4 is 5.69 Å². The Balaban J connectivity index is 2.04. The van der Waals surface area contributed by atoms with E-state index in [1.54, 1.807) is 4.57 Å². The molecule has 0 unspecified atom stereocenters. The van der Waals surface area contributed by atoms with Crippen LogP contribution in [0, 0.1) is 12.3 Å². The van der Waals surface area contributed by atoms with Gasteiger partial charge >= 0.3 is 5.69 Å². The van der Waals surface area contributed by atoms with E-state index in [1.165, 1.54) is 0 Å². The number of unbranched alkanes of at least 4 members (excludes halogenated alkanes) is 1. The number of nitrogens with zero attached hydrogens (tertiary/aromatic N) is 2. The Hall–Kier alpha value is -1.43. The highest BCUT2D eigenvalue weighted by Crippen LogP contribution is 2.33. The zero-order valence-electron chi connectivity index (χ0n) is 8.15. The third kappa shape index (κ3) is 1.74. The topological polar surface area (TPSA) is 26.9 Å². The molecule has 3 heteroatoms. The van der Waals surface area contributed by atoms with Crippen molar-refractivity contribution in [3.8, 4) is 12.3 Å². The van der Waals surface area contributed by atoms with Crippen molar-refractivity contribution < 1.29 is 0 Å². The molecule has 3 nitrogen and oxygen atoms in total. The van der Waals surface area contributed by atoms with Crippen molar-refractivity contribution in [2.45, 2.75) is 38.3 Å². The van der Waals surface area contributed by atoms with Crippen LogP contribution in [0.1, 0.15) is 31.7 Å². The molecule has 1 heterocycles. The first-order valence-corrected chi connectivity index (χ1v) is 5.03. The minimum absolute atomic E-state index is 0.115. The molecule has 0 aromatic carbocycles. The first kappa shape index (κ1) is 9.14. The molecule has 1 aliphatic rings. The first-order valence-electron chi connectivity index (χ1n) is 5.03. The molecule has 14 heavy (non-hydrogen) atoms. The van der Waals surface area contributed by atoms with E-state index in [2.05, 4.69) is 5.92 Å². The fraction of sp³-hybridized carbons (Fsp3) is 0.545. The quantitative estimate of drug-likeness (QED) is 0.520. The summed E-state index contributed by atoms with van der Waals surface area (Å²) in [6, 6.07) is 0.469. The van der Waals surface area contributed by atoms with E-state index < -0.39 is 0 Å². The van der Waals surface area contributed by atoms with Gasteiger partial charge in [-0.15, -0.1) is 12.3 Å². The SMILES string of the molecule is C#CCCCn1ccn(C2CC2)c1=O. The van der Waals surface area contributed by atoms with Gasteiger partial charge in [0, 0.05) is 31.4 Å². The van der Waals surface area contributed by atoms with Gasteiger partial charge in [0.15, 0.2) is 0 Å². The van der Waals surface area contributed by atoms with E-state index >= 15 is 0 Å². The number of rotatable bonds is 4. The summed E-state index contributed by atoms with van der Waals surface area (Å²) in [4.78, 5) is 11.7. The first-order chi connectivity index (χ1) is 6.83. The van der Waals surface area contributed by atoms with Gasteiger partial charge < -0.3 is 0 Å². The number of imidazole rings is 1. The predicted octanol–water partition coefficient (Wildman–Crippen LogP) is 1.40. The van der Waals surface area contributed by atoms with Gasteiger partial charge in [0.2, 0.25) is 0 Å². The number of aryl methyl sites for hydroxylation is 1. The molecule has 1 fully saturated rings. The van der Waals surface area contributed by atoms with Gasteiger partial charge in [-0.25, -0.2) is 4.79 Å². The Morgan fingerprint density at radius 2 is 2.29 bits per heavy atom. The zero-order chi connectivity index (χ0) is 9.97. The van der Waals surface area contributed by atoms with Crippen molar-refractivity contribution in [2.24, 2.45) is 0 Å². The van der Waals surface area contributed by atoms with Crippen molar-refractivity contribution in [1.29, 1.82) is 0 Å². The van der Waals surface area contributed by atoms with E-state index in [4.69, 9.17) is 6.42 Å². The van der Waals surface area contributed by atoms with Crippen LogP contribution in [-0.4, -0.2) is 9.13 Å². The van der Waals surface area contributed by atoms with Crippen LogP contribution in [0.3, 0.4) is 0 Å². The second kappa shape index (κ2) is 3.75. The van der Waals surface area contributed by atoms with Gasteiger partial charge in [0.1, 0.15) is 0 Å². The molecule has 2 rings (SSSR count). The maximum Gasteiger partial charge on any atom is 0.328 e. The number of terminal acetylenes is 1. The standard InChI is InChI=1S/C11H14N2O/c1-2-3-4-7-12-8-9-13(11(12)14)10-5-6-10/h1,8-10H,3-7H2. The summed E-state index contributed by atoms with van der Waals surface area (Å²) in [5, 5.41) is 0. The van der Waals surface area contributed by atoms with E-state index in [1.807, 2.05) is 17.0 Å². The third-order valence-corrected chi connectivity index (χ3v) is 2.53. The van der Waals surface area contributed by atoms with Crippen LogP contribution in [0.2, 0.25) is 0 Å². The maximum atomic E-state index is 11.7. The van der Waals surface area contributed by atoms with Crippen molar-refractivity contribution >= 4 is 0 Å². The molecule has 1 aromatic heterocycles. The molecule has 0 saturated heterocycles. The molecule has 0 bridgehead atoms. The summed E-state index contributed by atoms with van der Waals surface area (Å²) < 4.78 is 3.57. The molecule has 74 valence electrons. The predicted molar refractivity (Wildman–Crippen MR) is 55.0 cm³/mol. The van der Waals surface area contributed by atoms with E-state index in [0.717, 1.165) is 32.2 Å². The van der Waals surface area contributed by atoms with Gasteiger partial charge in [-0.2, -0.15) is 0 Å². The smallest absolute Gasteiger partial charge is 0.299 e. The highest BCUT2D eigenvalue weighted by molar-refractivity contribution is 4.91. The zero-order valence-corrected chi connectivity index (χ0v) is 8.15. The fourth-order valence-electron chi connectivity index (χ4n) is 1.58. The molecular weight excluding hydrogens is 176 g/mol. The van der Waals surface area contributed by atoms with Gasteiger partial charge in [-0.1, -0.05) is 0 Å². The van der Waals surface area contributed by atoms with Crippen LogP contribution in [0.15, 0.2) is 17.2 Å². The van der Waals surface area contributed by atoms with Crippen molar-refractivity contribution in [1.82, 2.24) is 9.13 Å². The average molecular weight is 190 g/mol. The average Bonchev–Trinajstić information content (AvgIpc) is 2.95. The van der Waals surface area contributed by atoms with E-state index in [-0.39, 0.29) is 5.69 Å². The Kier molecular flexibility index (Phi) is 2.45. The third-order valence-electron chi connectivity index (χ3n) is 2.53. The second-order valence-corrected chi connectivity index (χ2v) is 3.72. The lowest BCUT2D eigenvalue weighted by Gasteiger charge is -1.98. The van der Waals surface area contributed by atoms with E-state index in [9.17, 15) is 4.79 Å². The lowest BCUT2D eigenvalue weighted by atomic mass is 10.3. The highest BCUT2D eigenvalue weighted by atomic mass is 16.1. The fourth-order valence-corrected chi connectivity index (χ4v) is 1.58. The van der Waals surface area contributed by atoms with Crippen LogP contribution in [0.5, 0.6) is 0 Å². The molecule has 1 saturated carbocycles. The van der Waals surface area contributed by atoms with Gasteiger partial charge in [0.05, 0.1) is 0 Å². The van der Waals surface area contributed by atoms with Crippen LogP contribution in [0.4, 0.5) is 0 Å². The minimum Gasteiger partial charge on any atom is -0.299 e. The Morgan fingerprint density at radius 3 is 2.93 bits per heavy atom. The van der Waals surface area contributed by atoms with Crippen molar-refractivity contribution in [3.05, 3.63) is 22.9 Å². The maximum absolute atomic E-state index is 11.7. The monoisotopic (exact) mass is 190 g/mol. The molecule has 0 radical (unpaired) electrons. The van der Waals surface area contributed by atoms with Crippen molar-refractivity contribution in [2.75, 3.05) is 0 Å². The molecule has 0 aliphatic heterocycles. The molecule has 0 amide bonds. The van der Waals surface area contributed by atoms with Crippen molar-refractivity contribution in [3.63, 3.8) is 0 Å². The Morgan fingerprint density at radius 1 is 1.50 bits per heavy atom. The summed E-state index contributed by atoms with van der Waals surface area (Å²) in [6.45, 7) is 0.739. The summed E-state index contributed by atoms with van der Waals surface area (Å²) in [7, 11) is 0. The summed E-state index contributed by atoms with van der Waals surface area (Å²) in [5.41, 5.74) is 0.115. The summed E-state index contributed by atoms with van der Waals surface area (Å²) in [5.74, 6) is 2.58. The Labute approximate surface area is 83.4 Å². The van der Waals surface area contributed by atoms with Crippen LogP contribution in [0.25, 0.3) is 0 Å². The highest BCUT2D eigenvalue weighted by Gasteiger charge is 2.25. The lowest BCUT2D eigenvalue weighted by molar-refractivity contribution is 0.599. The van der Waals surface area contributed by atoms with Gasteiger partial charge in [-0.3, -0.25) is 9.13 Å². The lowest BCUT2D eigenvalue weighted by Crippen LogP contribution is -2.23. The van der Waals surface area contributed by atoms with Gasteiger partial charge in [0.25, 0.3) is 0 Å². The van der Waals surface area contributed by atoms with Gasteiger partial charge in [-0.05, 0) is 19.3 Å². The number of hydrogen-bond donors (Lipinski definition) is 0. The van der Waals surface area contributed by atoms with Crippen LogP contribution >= 0.6 is 0 Å². The normalized spacial score (nSPS) is 15.4. The molecule has 0 atom stereocenters. The summed E-state index contributed by atoms with van der Waals surface area (Å²) >= 11 is 0. The summed E-state index contributed by atoms with van der Waals surface area (Å²) in [6.07, 6.45) is 12.8. The second-order valence-electron chi connectivity index (χ2n) is 3.72. The molecular formula is C11H14N2O. The molecule has 0 spiro atoms. The van der Waals surface area contributed by atoms with Crippen LogP contribution in [-0.2, 0) is 6.54 Å².